The van der Waals surface area contributed by atoms with E-state index in [-0.39, 0.29) is 37.7 Å². The van der Waals surface area contributed by atoms with Gasteiger partial charge in [0.05, 0.1) is 39.5 Å². The smallest absolute Gasteiger partial charge is 0.416 e. The van der Waals surface area contributed by atoms with Gasteiger partial charge in [0.1, 0.15) is 5.75 Å². The molecular formula is C51H56F7N5O3. The summed E-state index contributed by atoms with van der Waals surface area (Å²) in [5.41, 5.74) is 3.79. The Morgan fingerprint density at radius 1 is 0.591 bits per heavy atom. The first-order valence-corrected chi connectivity index (χ1v) is 21.2. The number of nitrogens with zero attached hydrogens (tertiary/aromatic N) is 3. The van der Waals surface area contributed by atoms with Gasteiger partial charge in [-0.2, -0.15) is 22.0 Å². The standard InChI is InChI=1S/C25H21F2N3O.C22H19F5N2O2.2C2H6.2H2/c1-16(22-8-3-4-13-28-22)30-24(31)19-14-18-6-5-7-21(23(18)29-15-19)17-9-11-20(12-10-17)25(2,26)27;1-12(2)29-20(30)15-8-14-9-17(31-21(3,23)24)10-18(19(14)28-11-15)13-4-6-16(7-5-13)22(25,26)27;2*1-2;;/h3-16H,1-2H3,(H,30,31);4-12H,1-3H3,(H,29,30);2*1-2H3;2*1H. The lowest BCUT2D eigenvalue weighted by molar-refractivity contribution is -0.158. The van der Waals surface area contributed by atoms with Crippen LogP contribution in [0.4, 0.5) is 30.7 Å². The zero-order chi connectivity index (χ0) is 49.0. The van der Waals surface area contributed by atoms with E-state index in [1.807, 2.05) is 71.0 Å². The van der Waals surface area contributed by atoms with Crippen LogP contribution >= 0.6 is 0 Å². The summed E-state index contributed by atoms with van der Waals surface area (Å²) in [5, 5.41) is 6.76. The number of carbonyl (C=O) groups excluding carboxylic acids is 2. The second-order valence-corrected chi connectivity index (χ2v) is 14.9. The number of para-hydroxylation sites is 1. The molecular weight excluding hydrogens is 864 g/mol. The molecule has 0 saturated carbocycles. The molecule has 8 nitrogen and oxygen atoms in total. The van der Waals surface area contributed by atoms with Crippen LogP contribution in [0.3, 0.4) is 0 Å². The molecule has 0 fully saturated rings. The highest BCUT2D eigenvalue weighted by atomic mass is 19.4. The molecule has 0 saturated heterocycles. The van der Waals surface area contributed by atoms with E-state index in [1.54, 1.807) is 38.2 Å². The van der Waals surface area contributed by atoms with Crippen molar-refractivity contribution in [3.63, 3.8) is 0 Å². The van der Waals surface area contributed by atoms with E-state index in [4.69, 9.17) is 0 Å². The van der Waals surface area contributed by atoms with Crippen molar-refractivity contribution in [1.29, 1.82) is 0 Å². The van der Waals surface area contributed by atoms with Gasteiger partial charge in [-0.15, -0.1) is 0 Å². The number of benzene rings is 4. The van der Waals surface area contributed by atoms with Crippen LogP contribution in [0.1, 0.15) is 109 Å². The van der Waals surface area contributed by atoms with Crippen LogP contribution in [0, 0.1) is 0 Å². The van der Waals surface area contributed by atoms with Gasteiger partial charge in [-0.1, -0.05) is 88.4 Å². The predicted octanol–water partition coefficient (Wildman–Crippen LogP) is 14.5. The third kappa shape index (κ3) is 13.8. The van der Waals surface area contributed by atoms with Gasteiger partial charge in [-0.25, -0.2) is 8.78 Å². The largest absolute Gasteiger partial charge is 0.433 e. The molecule has 7 aromatic rings. The molecule has 15 heteroatoms. The maximum atomic E-state index is 13.5. The number of carbonyl (C=O) groups is 2. The van der Waals surface area contributed by atoms with Gasteiger partial charge in [0.15, 0.2) is 0 Å². The molecule has 352 valence electrons. The molecule has 3 aromatic heterocycles. The Balaban J connectivity index is 0.000000423. The van der Waals surface area contributed by atoms with E-state index in [9.17, 15) is 40.3 Å². The van der Waals surface area contributed by atoms with Gasteiger partial charge < -0.3 is 15.4 Å². The fourth-order valence-corrected chi connectivity index (χ4v) is 6.46. The number of amides is 2. The molecule has 0 aliphatic heterocycles. The molecule has 0 aliphatic rings. The number of ether oxygens (including phenoxy) is 1. The van der Waals surface area contributed by atoms with Crippen molar-refractivity contribution < 1.29 is 47.9 Å². The molecule has 7 rings (SSSR count). The highest BCUT2D eigenvalue weighted by Crippen LogP contribution is 2.37. The van der Waals surface area contributed by atoms with Crippen molar-refractivity contribution >= 4 is 33.6 Å². The van der Waals surface area contributed by atoms with Crippen LogP contribution in [-0.4, -0.2) is 38.9 Å². The SMILES string of the molecule is CC.CC.CC(C)NC(=O)c1cnc2c(-c3ccc(C(F)(F)F)cc3)cc(OC(C)(F)F)cc2c1.CC(NC(=O)c1cnc2c(-c3ccc(C(C)(F)F)cc3)cccc2c1)c1ccccn1.[HH].[HH]. The Bertz CT molecular complexity index is 2710. The Morgan fingerprint density at radius 3 is 1.64 bits per heavy atom. The van der Waals surface area contributed by atoms with E-state index in [0.29, 0.717) is 40.0 Å². The first kappa shape index (κ1) is 51.7. The number of nitrogens with one attached hydrogen (secondary N) is 2. The van der Waals surface area contributed by atoms with Crippen LogP contribution in [0.15, 0.2) is 128 Å². The maximum absolute atomic E-state index is 13.5. The second-order valence-electron chi connectivity index (χ2n) is 14.9. The van der Waals surface area contributed by atoms with Crippen LogP contribution in [-0.2, 0) is 12.1 Å². The topological polar surface area (TPSA) is 106 Å². The molecule has 2 amide bonds. The zero-order valence-electron chi connectivity index (χ0n) is 38.0. The van der Waals surface area contributed by atoms with E-state index in [2.05, 4.69) is 30.3 Å². The minimum absolute atomic E-state index is 0. The Morgan fingerprint density at radius 2 is 1.12 bits per heavy atom. The molecule has 4 aromatic carbocycles. The normalized spacial score (nSPS) is 11.8. The highest BCUT2D eigenvalue weighted by molar-refractivity contribution is 6.02. The third-order valence-electron chi connectivity index (χ3n) is 9.41. The molecule has 1 unspecified atom stereocenters. The Labute approximate surface area is 382 Å². The zero-order valence-corrected chi connectivity index (χ0v) is 38.0. The van der Waals surface area contributed by atoms with Crippen molar-refractivity contribution in [3.05, 3.63) is 156 Å². The number of pyridine rings is 3. The van der Waals surface area contributed by atoms with Gasteiger partial charge in [0.25, 0.3) is 17.7 Å². The summed E-state index contributed by atoms with van der Waals surface area (Å²) in [6.45, 7) is 14.9. The van der Waals surface area contributed by atoms with Gasteiger partial charge in [-0.3, -0.25) is 24.5 Å². The summed E-state index contributed by atoms with van der Waals surface area (Å²) in [7, 11) is 0. The Hall–Kier alpha value is -6.90. The van der Waals surface area contributed by atoms with Crippen molar-refractivity contribution in [2.75, 3.05) is 0 Å². The average Bonchev–Trinajstić information content (AvgIpc) is 3.28. The number of hydrogen-bond donors (Lipinski definition) is 2. The number of hydrogen-bond acceptors (Lipinski definition) is 6. The molecule has 0 aliphatic carbocycles. The second kappa shape index (κ2) is 22.3. The predicted molar refractivity (Wildman–Crippen MR) is 250 cm³/mol. The van der Waals surface area contributed by atoms with Crippen LogP contribution < -0.4 is 15.4 Å². The molecule has 66 heavy (non-hydrogen) atoms. The summed E-state index contributed by atoms with van der Waals surface area (Å²) in [5.74, 6) is -3.73. The number of aromatic nitrogens is 3. The van der Waals surface area contributed by atoms with Gasteiger partial charge in [0, 0.05) is 68.8 Å². The molecule has 0 radical (unpaired) electrons. The summed E-state index contributed by atoms with van der Waals surface area (Å²) < 4.78 is 97.2. The molecule has 3 heterocycles. The third-order valence-corrected chi connectivity index (χ3v) is 9.41. The van der Waals surface area contributed by atoms with Crippen molar-refractivity contribution in [2.45, 2.75) is 92.6 Å². The quantitative estimate of drug-likeness (QED) is 0.132. The van der Waals surface area contributed by atoms with Crippen LogP contribution in [0.25, 0.3) is 44.1 Å². The molecule has 0 bridgehead atoms. The first-order chi connectivity index (χ1) is 31.2. The van der Waals surface area contributed by atoms with Gasteiger partial charge in [-0.05, 0) is 80.4 Å². The Kier molecular flexibility index (Phi) is 17.5. The first-order valence-electron chi connectivity index (χ1n) is 21.2. The number of halogens is 7. The van der Waals surface area contributed by atoms with Crippen molar-refractivity contribution in [2.24, 2.45) is 0 Å². The van der Waals surface area contributed by atoms with E-state index in [1.165, 1.54) is 54.9 Å². The molecule has 1 atom stereocenters. The van der Waals surface area contributed by atoms with E-state index in [0.717, 1.165) is 41.3 Å². The van der Waals surface area contributed by atoms with E-state index < -0.39 is 29.7 Å². The summed E-state index contributed by atoms with van der Waals surface area (Å²) in [6.07, 6.45) is -3.45. The van der Waals surface area contributed by atoms with Crippen molar-refractivity contribution in [1.82, 2.24) is 25.6 Å². The van der Waals surface area contributed by atoms with Gasteiger partial charge >= 0.3 is 12.3 Å². The summed E-state index contributed by atoms with van der Waals surface area (Å²) in [4.78, 5) is 38.0. The lowest BCUT2D eigenvalue weighted by Crippen LogP contribution is -2.30. The minimum atomic E-state index is -4.51. The summed E-state index contributed by atoms with van der Waals surface area (Å²) in [6, 6.07) is 27.1. The molecule has 0 spiro atoms. The lowest BCUT2D eigenvalue weighted by atomic mass is 9.99. The average molecular weight is 920 g/mol. The fraction of sp³-hybridized carbons (Fsp3) is 0.275. The number of alkyl halides is 7. The maximum Gasteiger partial charge on any atom is 0.416 e. The molecule has 2 N–H and O–H groups in total. The van der Waals surface area contributed by atoms with Crippen LogP contribution in [0.2, 0.25) is 0 Å². The van der Waals surface area contributed by atoms with Gasteiger partial charge in [0.2, 0.25) is 0 Å². The number of rotatable bonds is 10. The van der Waals surface area contributed by atoms with Crippen molar-refractivity contribution in [3.8, 4) is 28.0 Å². The monoisotopic (exact) mass is 919 g/mol. The number of fused-ring (bicyclic) bond motifs is 2. The minimum Gasteiger partial charge on any atom is -0.433 e. The fourth-order valence-electron chi connectivity index (χ4n) is 6.46. The lowest BCUT2D eigenvalue weighted by Gasteiger charge is -2.16. The van der Waals surface area contributed by atoms with Crippen LogP contribution in [0.5, 0.6) is 5.75 Å². The summed E-state index contributed by atoms with van der Waals surface area (Å²) >= 11 is 0. The highest BCUT2D eigenvalue weighted by Gasteiger charge is 2.30. The van der Waals surface area contributed by atoms with E-state index >= 15 is 0 Å².